The van der Waals surface area contributed by atoms with Gasteiger partial charge in [0.25, 0.3) is 5.91 Å². The Kier molecular flexibility index (Phi) is 6.61. The van der Waals surface area contributed by atoms with Crippen LogP contribution in [-0.2, 0) is 7.05 Å². The Balaban J connectivity index is 1.48. The first-order chi connectivity index (χ1) is 18.4. The van der Waals surface area contributed by atoms with Crippen molar-refractivity contribution >= 4 is 28.6 Å². The van der Waals surface area contributed by atoms with Crippen LogP contribution in [0.25, 0.3) is 22.2 Å². The summed E-state index contributed by atoms with van der Waals surface area (Å²) in [6, 6.07) is 15.9. The Labute approximate surface area is 218 Å². The Morgan fingerprint density at radius 3 is 2.61 bits per heavy atom. The zero-order chi connectivity index (χ0) is 26.8. The molecule has 3 aromatic heterocycles. The molecule has 0 saturated heterocycles. The fourth-order valence-electron chi connectivity index (χ4n) is 4.11. The van der Waals surface area contributed by atoms with Crippen LogP contribution in [0, 0.1) is 12.9 Å². The van der Waals surface area contributed by atoms with Gasteiger partial charge in [-0.2, -0.15) is 4.39 Å². The molecular formula is C28H25FN6O3. The highest BCUT2D eigenvalue weighted by atomic mass is 19.1. The van der Waals surface area contributed by atoms with Gasteiger partial charge in [-0.05, 0) is 48.4 Å². The van der Waals surface area contributed by atoms with Gasteiger partial charge in [0.2, 0.25) is 11.9 Å². The van der Waals surface area contributed by atoms with Gasteiger partial charge >= 0.3 is 0 Å². The first-order valence-electron chi connectivity index (χ1n) is 11.8. The van der Waals surface area contributed by atoms with Crippen molar-refractivity contribution in [3.8, 4) is 28.4 Å². The number of carbonyl (C=O) groups excluding carboxylic acids is 1. The summed E-state index contributed by atoms with van der Waals surface area (Å²) in [7, 11) is 4.97. The summed E-state index contributed by atoms with van der Waals surface area (Å²) in [5, 5.41) is 5.87. The second kappa shape index (κ2) is 10.2. The number of imidazole rings is 1. The highest BCUT2D eigenvalue weighted by Crippen LogP contribution is 2.37. The SMILES string of the molecule is CNC(=O)c1cc(Oc2cc3nc(Nc4ccc(C)c(-c5cccnc5F)c4)n(C)c3cc2OC)ccn1. The third-order valence-electron chi connectivity index (χ3n) is 6.13. The van der Waals surface area contributed by atoms with Gasteiger partial charge in [-0.3, -0.25) is 9.78 Å². The highest BCUT2D eigenvalue weighted by molar-refractivity contribution is 5.92. The standard InChI is InChI=1S/C28H25FN6O3/c1-16-7-8-17(12-20(16)19-6-5-10-32-26(19)29)33-28-34-21-14-25(24(37-4)15-23(21)35(28)3)38-18-9-11-31-22(13-18)27(36)30-2/h5-15H,1-4H3,(H,30,36)(H,33,34). The number of carbonyl (C=O) groups is 1. The lowest BCUT2D eigenvalue weighted by Crippen LogP contribution is -2.18. The first-order valence-corrected chi connectivity index (χ1v) is 11.8. The molecule has 0 spiro atoms. The summed E-state index contributed by atoms with van der Waals surface area (Å²) in [6.45, 7) is 1.93. The lowest BCUT2D eigenvalue weighted by Gasteiger charge is -2.12. The average molecular weight is 513 g/mol. The van der Waals surface area contributed by atoms with E-state index in [4.69, 9.17) is 14.5 Å². The monoisotopic (exact) mass is 512 g/mol. The van der Waals surface area contributed by atoms with Gasteiger partial charge in [0, 0.05) is 55.9 Å². The fourth-order valence-corrected chi connectivity index (χ4v) is 4.11. The quantitative estimate of drug-likeness (QED) is 0.282. The molecule has 2 aromatic carbocycles. The Morgan fingerprint density at radius 1 is 1.00 bits per heavy atom. The Hall–Kier alpha value is -4.99. The van der Waals surface area contributed by atoms with Crippen LogP contribution in [0.2, 0.25) is 0 Å². The summed E-state index contributed by atoms with van der Waals surface area (Å²) in [4.78, 5) is 24.5. The van der Waals surface area contributed by atoms with Crippen molar-refractivity contribution in [2.24, 2.45) is 7.05 Å². The molecular weight excluding hydrogens is 487 g/mol. The van der Waals surface area contributed by atoms with Crippen LogP contribution >= 0.6 is 0 Å². The van der Waals surface area contributed by atoms with E-state index < -0.39 is 5.95 Å². The van der Waals surface area contributed by atoms with Crippen LogP contribution < -0.4 is 20.1 Å². The van der Waals surface area contributed by atoms with Gasteiger partial charge in [0.1, 0.15) is 11.4 Å². The number of pyridine rings is 2. The van der Waals surface area contributed by atoms with Crippen molar-refractivity contribution in [2.45, 2.75) is 6.92 Å². The molecule has 3 heterocycles. The molecule has 10 heteroatoms. The van der Waals surface area contributed by atoms with Crippen molar-refractivity contribution in [3.63, 3.8) is 0 Å². The number of aromatic nitrogens is 4. The van der Waals surface area contributed by atoms with Gasteiger partial charge in [-0.25, -0.2) is 9.97 Å². The van der Waals surface area contributed by atoms with Crippen molar-refractivity contribution in [2.75, 3.05) is 19.5 Å². The van der Waals surface area contributed by atoms with Gasteiger partial charge in [-0.1, -0.05) is 6.07 Å². The topological polar surface area (TPSA) is 103 Å². The predicted molar refractivity (Wildman–Crippen MR) is 143 cm³/mol. The third-order valence-corrected chi connectivity index (χ3v) is 6.13. The number of nitrogens with one attached hydrogen (secondary N) is 2. The number of rotatable bonds is 7. The van der Waals surface area contributed by atoms with E-state index in [0.717, 1.165) is 22.3 Å². The van der Waals surface area contributed by atoms with Gasteiger partial charge in [-0.15, -0.1) is 0 Å². The molecule has 5 aromatic rings. The normalized spacial score (nSPS) is 10.9. The third kappa shape index (κ3) is 4.71. The van der Waals surface area contributed by atoms with E-state index in [9.17, 15) is 9.18 Å². The molecule has 0 aliphatic carbocycles. The molecule has 1 amide bonds. The summed E-state index contributed by atoms with van der Waals surface area (Å²) in [6.07, 6.45) is 2.93. The molecule has 0 fully saturated rings. The molecule has 38 heavy (non-hydrogen) atoms. The summed E-state index contributed by atoms with van der Waals surface area (Å²) < 4.78 is 27.9. The molecule has 5 rings (SSSR count). The number of amides is 1. The maximum absolute atomic E-state index is 14.4. The van der Waals surface area contributed by atoms with Crippen molar-refractivity contribution < 1.29 is 18.7 Å². The largest absolute Gasteiger partial charge is 0.493 e. The van der Waals surface area contributed by atoms with E-state index in [1.165, 1.54) is 19.4 Å². The number of nitrogens with zero attached hydrogens (tertiary/aromatic N) is 4. The second-order valence-electron chi connectivity index (χ2n) is 8.54. The second-order valence-corrected chi connectivity index (χ2v) is 8.54. The number of methoxy groups -OCH3 is 1. The fraction of sp³-hybridized carbons (Fsp3) is 0.143. The smallest absolute Gasteiger partial charge is 0.269 e. The van der Waals surface area contributed by atoms with Gasteiger partial charge in [0.15, 0.2) is 11.5 Å². The minimum absolute atomic E-state index is 0.234. The zero-order valence-electron chi connectivity index (χ0n) is 21.2. The van der Waals surface area contributed by atoms with E-state index in [1.54, 1.807) is 37.4 Å². The van der Waals surface area contributed by atoms with Crippen LogP contribution in [-0.4, -0.2) is 39.6 Å². The van der Waals surface area contributed by atoms with Crippen molar-refractivity contribution in [1.29, 1.82) is 0 Å². The summed E-state index contributed by atoms with van der Waals surface area (Å²) in [5.74, 6) is 1.10. The van der Waals surface area contributed by atoms with E-state index in [-0.39, 0.29) is 11.6 Å². The average Bonchev–Trinajstić information content (AvgIpc) is 3.23. The molecule has 9 nitrogen and oxygen atoms in total. The van der Waals surface area contributed by atoms with E-state index in [2.05, 4.69) is 20.6 Å². The van der Waals surface area contributed by atoms with Crippen LogP contribution in [0.3, 0.4) is 0 Å². The first kappa shape index (κ1) is 24.7. The molecule has 2 N–H and O–H groups in total. The number of ether oxygens (including phenoxy) is 2. The lowest BCUT2D eigenvalue weighted by atomic mass is 10.0. The number of hydrogen-bond donors (Lipinski definition) is 2. The van der Waals surface area contributed by atoms with Crippen LogP contribution in [0.1, 0.15) is 16.1 Å². The molecule has 0 radical (unpaired) electrons. The van der Waals surface area contributed by atoms with E-state index in [0.29, 0.717) is 34.3 Å². The van der Waals surface area contributed by atoms with Crippen molar-refractivity contribution in [1.82, 2.24) is 24.8 Å². The maximum atomic E-state index is 14.4. The summed E-state index contributed by atoms with van der Waals surface area (Å²) in [5.41, 5.74) is 4.55. The number of fused-ring (bicyclic) bond motifs is 1. The molecule has 0 aliphatic heterocycles. The number of anilines is 2. The summed E-state index contributed by atoms with van der Waals surface area (Å²) >= 11 is 0. The van der Waals surface area contributed by atoms with Crippen LogP contribution in [0.4, 0.5) is 16.0 Å². The molecule has 0 aliphatic rings. The van der Waals surface area contributed by atoms with Crippen LogP contribution in [0.15, 0.2) is 67.0 Å². The van der Waals surface area contributed by atoms with E-state index in [1.807, 2.05) is 42.8 Å². The number of halogens is 1. The molecule has 0 saturated carbocycles. The lowest BCUT2D eigenvalue weighted by molar-refractivity contribution is 0.0958. The Morgan fingerprint density at radius 2 is 1.84 bits per heavy atom. The molecule has 0 atom stereocenters. The zero-order valence-corrected chi connectivity index (χ0v) is 21.2. The Bertz CT molecular complexity index is 1670. The number of hydrogen-bond acceptors (Lipinski definition) is 7. The van der Waals surface area contributed by atoms with Gasteiger partial charge < -0.3 is 24.7 Å². The minimum atomic E-state index is -0.522. The van der Waals surface area contributed by atoms with E-state index >= 15 is 0 Å². The van der Waals surface area contributed by atoms with Crippen molar-refractivity contribution in [3.05, 3.63) is 84.2 Å². The predicted octanol–water partition coefficient (Wildman–Crippen LogP) is 5.38. The molecule has 0 unspecified atom stereocenters. The number of benzene rings is 2. The highest BCUT2D eigenvalue weighted by Gasteiger charge is 2.16. The maximum Gasteiger partial charge on any atom is 0.269 e. The van der Waals surface area contributed by atoms with Gasteiger partial charge in [0.05, 0.1) is 18.1 Å². The number of aryl methyl sites for hydroxylation is 2. The molecule has 0 bridgehead atoms. The minimum Gasteiger partial charge on any atom is -0.493 e. The molecule has 192 valence electrons. The van der Waals surface area contributed by atoms with Crippen LogP contribution in [0.5, 0.6) is 17.2 Å².